The average molecular weight is 475 g/mol. The summed E-state index contributed by atoms with van der Waals surface area (Å²) in [6, 6.07) is 16.3. The molecule has 32 heavy (non-hydrogen) atoms. The Morgan fingerprint density at radius 3 is 2.38 bits per heavy atom. The fourth-order valence-corrected chi connectivity index (χ4v) is 4.50. The third-order valence-corrected chi connectivity index (χ3v) is 6.39. The van der Waals surface area contributed by atoms with Crippen molar-refractivity contribution in [3.8, 4) is 17.2 Å². The lowest BCUT2D eigenvalue weighted by molar-refractivity contribution is 0.289. The molecule has 0 spiro atoms. The first-order chi connectivity index (χ1) is 15.4. The highest BCUT2D eigenvalue weighted by atomic mass is 32.2. The predicted octanol–water partition coefficient (Wildman–Crippen LogP) is 5.59. The number of rotatable bonds is 8. The molecule has 0 aliphatic heterocycles. The first kappa shape index (κ1) is 21.7. The van der Waals surface area contributed by atoms with Gasteiger partial charge in [-0.1, -0.05) is 30.3 Å². The van der Waals surface area contributed by atoms with Gasteiger partial charge in [-0.25, -0.2) is 22.2 Å². The molecule has 0 aliphatic rings. The van der Waals surface area contributed by atoms with Crippen LogP contribution in [0, 0.1) is 11.6 Å². The van der Waals surface area contributed by atoms with Gasteiger partial charge in [-0.05, 0) is 35.9 Å². The van der Waals surface area contributed by atoms with Crippen molar-refractivity contribution in [3.63, 3.8) is 0 Å². The first-order valence-corrected chi connectivity index (χ1v) is 11.6. The number of aromatic nitrogens is 1. The van der Waals surface area contributed by atoms with E-state index < -0.39 is 21.7 Å². The van der Waals surface area contributed by atoms with E-state index in [0.29, 0.717) is 0 Å². The first-order valence-electron chi connectivity index (χ1n) is 9.27. The number of hydrogen-bond acceptors (Lipinski definition) is 6. The van der Waals surface area contributed by atoms with Crippen molar-refractivity contribution in [2.45, 2.75) is 11.5 Å². The van der Waals surface area contributed by atoms with E-state index in [1.807, 2.05) is 30.3 Å². The molecule has 0 atom stereocenters. The van der Waals surface area contributed by atoms with Crippen molar-refractivity contribution >= 4 is 26.5 Å². The number of nitrogens with one attached hydrogen (secondary N) is 1. The summed E-state index contributed by atoms with van der Waals surface area (Å²) in [4.78, 5) is 3.53. The number of anilines is 1. The minimum absolute atomic E-state index is 0.0244. The summed E-state index contributed by atoms with van der Waals surface area (Å²) < 4.78 is 66.7. The van der Waals surface area contributed by atoms with Gasteiger partial charge in [-0.2, -0.15) is 0 Å². The van der Waals surface area contributed by atoms with Crippen molar-refractivity contribution in [1.82, 2.24) is 4.98 Å². The molecule has 1 heterocycles. The number of halogens is 2. The molecule has 0 unspecified atom stereocenters. The van der Waals surface area contributed by atoms with Gasteiger partial charge in [-0.3, -0.25) is 4.72 Å². The van der Waals surface area contributed by atoms with Crippen LogP contribution in [0.2, 0.25) is 0 Å². The molecule has 0 saturated carbocycles. The monoisotopic (exact) mass is 474 g/mol. The van der Waals surface area contributed by atoms with E-state index in [9.17, 15) is 17.2 Å². The minimum atomic E-state index is -4.01. The molecule has 0 amide bonds. The number of nitrogens with zero attached hydrogens (tertiary/aromatic N) is 1. The van der Waals surface area contributed by atoms with Crippen LogP contribution in [0.1, 0.15) is 5.56 Å². The van der Waals surface area contributed by atoms with E-state index in [2.05, 4.69) is 9.71 Å². The summed E-state index contributed by atoms with van der Waals surface area (Å²) in [6.07, 6.45) is 1.44. The standard InChI is InChI=1S/C22H16F2N2O4S2/c23-18-12-16(6-8-20(18)29-14-15-4-2-1-3-5-15)30-21-9-7-17(13-19(21)24)32(27,28)26-22-25-10-11-31-22/h1-13H,14H2,(H,25,26). The van der Waals surface area contributed by atoms with Crippen LogP contribution in [0.15, 0.2) is 83.2 Å². The van der Waals surface area contributed by atoms with Crippen molar-refractivity contribution in [2.75, 3.05) is 4.72 Å². The molecule has 0 aliphatic carbocycles. The molecule has 10 heteroatoms. The van der Waals surface area contributed by atoms with Gasteiger partial charge < -0.3 is 9.47 Å². The highest BCUT2D eigenvalue weighted by molar-refractivity contribution is 7.93. The average Bonchev–Trinajstić information content (AvgIpc) is 3.27. The Hall–Kier alpha value is -3.50. The van der Waals surface area contributed by atoms with E-state index in [1.165, 1.54) is 24.4 Å². The predicted molar refractivity (Wildman–Crippen MR) is 117 cm³/mol. The van der Waals surface area contributed by atoms with Gasteiger partial charge in [0.2, 0.25) is 0 Å². The van der Waals surface area contributed by atoms with Crippen molar-refractivity contribution in [3.05, 3.63) is 95.5 Å². The Labute approximate surface area is 187 Å². The third-order valence-electron chi connectivity index (χ3n) is 4.24. The number of benzene rings is 3. The Morgan fingerprint density at radius 2 is 1.69 bits per heavy atom. The molecular formula is C22H16F2N2O4S2. The van der Waals surface area contributed by atoms with Crippen LogP contribution in [-0.2, 0) is 16.6 Å². The van der Waals surface area contributed by atoms with Crippen LogP contribution in [0.25, 0.3) is 0 Å². The Morgan fingerprint density at radius 1 is 0.938 bits per heavy atom. The van der Waals surface area contributed by atoms with Crippen LogP contribution >= 0.6 is 11.3 Å². The summed E-state index contributed by atoms with van der Waals surface area (Å²) in [5.41, 5.74) is 0.883. The van der Waals surface area contributed by atoms with Gasteiger partial charge in [0.25, 0.3) is 10.0 Å². The van der Waals surface area contributed by atoms with Crippen molar-refractivity contribution in [1.29, 1.82) is 0 Å². The van der Waals surface area contributed by atoms with Gasteiger partial charge in [0, 0.05) is 17.6 Å². The molecule has 4 rings (SSSR count). The van der Waals surface area contributed by atoms with Gasteiger partial charge in [0.15, 0.2) is 28.3 Å². The topological polar surface area (TPSA) is 77.5 Å². The summed E-state index contributed by atoms with van der Waals surface area (Å²) in [5, 5.41) is 1.77. The number of ether oxygens (including phenoxy) is 2. The van der Waals surface area contributed by atoms with Crippen molar-refractivity contribution in [2.24, 2.45) is 0 Å². The van der Waals surface area contributed by atoms with Crippen LogP contribution < -0.4 is 14.2 Å². The SMILES string of the molecule is O=S(=O)(Nc1nccs1)c1ccc(Oc2ccc(OCc3ccccc3)c(F)c2)c(F)c1. The van der Waals surface area contributed by atoms with Gasteiger partial charge >= 0.3 is 0 Å². The highest BCUT2D eigenvalue weighted by Gasteiger charge is 2.18. The van der Waals surface area contributed by atoms with Crippen molar-refractivity contribution < 1.29 is 26.7 Å². The Kier molecular flexibility index (Phi) is 6.33. The number of thiazole rings is 1. The second-order valence-electron chi connectivity index (χ2n) is 6.50. The second-order valence-corrected chi connectivity index (χ2v) is 9.08. The van der Waals surface area contributed by atoms with Gasteiger partial charge in [-0.15, -0.1) is 11.3 Å². The lowest BCUT2D eigenvalue weighted by atomic mass is 10.2. The van der Waals surface area contributed by atoms with Crippen LogP contribution in [0.4, 0.5) is 13.9 Å². The fraction of sp³-hybridized carbons (Fsp3) is 0.0455. The molecule has 3 aromatic carbocycles. The van der Waals surface area contributed by atoms with Gasteiger partial charge in [0.05, 0.1) is 4.90 Å². The molecule has 0 fully saturated rings. The lowest BCUT2D eigenvalue weighted by Gasteiger charge is -2.11. The van der Waals surface area contributed by atoms with E-state index in [-0.39, 0.29) is 33.9 Å². The zero-order valence-electron chi connectivity index (χ0n) is 16.4. The fourth-order valence-electron chi connectivity index (χ4n) is 2.70. The molecule has 164 valence electrons. The van der Waals surface area contributed by atoms with E-state index >= 15 is 0 Å². The van der Waals surface area contributed by atoms with Crippen LogP contribution in [-0.4, -0.2) is 13.4 Å². The molecule has 4 aromatic rings. The van der Waals surface area contributed by atoms with Gasteiger partial charge in [0.1, 0.15) is 12.4 Å². The maximum absolute atomic E-state index is 14.5. The lowest BCUT2D eigenvalue weighted by Crippen LogP contribution is -2.13. The molecule has 0 saturated heterocycles. The molecular weight excluding hydrogens is 458 g/mol. The normalized spacial score (nSPS) is 11.2. The Bertz CT molecular complexity index is 1320. The summed E-state index contributed by atoms with van der Waals surface area (Å²) in [6.45, 7) is 0.192. The summed E-state index contributed by atoms with van der Waals surface area (Å²) in [7, 11) is -4.01. The molecule has 1 aromatic heterocycles. The zero-order chi connectivity index (χ0) is 22.6. The number of hydrogen-bond donors (Lipinski definition) is 1. The largest absolute Gasteiger partial charge is 0.486 e. The second kappa shape index (κ2) is 9.33. The third kappa shape index (κ3) is 5.21. The Balaban J connectivity index is 1.45. The zero-order valence-corrected chi connectivity index (χ0v) is 18.0. The number of sulfonamides is 1. The van der Waals surface area contributed by atoms with Crippen LogP contribution in [0.3, 0.4) is 0 Å². The maximum atomic E-state index is 14.5. The quantitative estimate of drug-likeness (QED) is 0.360. The maximum Gasteiger partial charge on any atom is 0.263 e. The molecule has 0 bridgehead atoms. The minimum Gasteiger partial charge on any atom is -0.486 e. The highest BCUT2D eigenvalue weighted by Crippen LogP contribution is 2.30. The molecule has 0 radical (unpaired) electrons. The van der Waals surface area contributed by atoms with E-state index in [4.69, 9.17) is 9.47 Å². The summed E-state index contributed by atoms with van der Waals surface area (Å²) in [5.74, 6) is -1.79. The van der Waals surface area contributed by atoms with Crippen LogP contribution in [0.5, 0.6) is 17.2 Å². The summed E-state index contributed by atoms with van der Waals surface area (Å²) >= 11 is 1.09. The van der Waals surface area contributed by atoms with E-state index in [0.717, 1.165) is 35.1 Å². The smallest absolute Gasteiger partial charge is 0.263 e. The van der Waals surface area contributed by atoms with E-state index in [1.54, 1.807) is 5.38 Å². The molecule has 6 nitrogen and oxygen atoms in total. The molecule has 1 N–H and O–H groups in total.